The van der Waals surface area contributed by atoms with Crippen molar-refractivity contribution in [1.29, 1.82) is 0 Å². The highest BCUT2D eigenvalue weighted by Gasteiger charge is 2.12. The van der Waals surface area contributed by atoms with Gasteiger partial charge in [-0.3, -0.25) is 4.79 Å². The zero-order chi connectivity index (χ0) is 6.27. The molecular formula is C6H4N2O. The van der Waals surface area contributed by atoms with E-state index in [-0.39, 0.29) is 5.91 Å². The zero-order valence-corrected chi connectivity index (χ0v) is 4.61. The minimum atomic E-state index is -0.153. The van der Waals surface area contributed by atoms with Gasteiger partial charge < -0.3 is 4.57 Å². The van der Waals surface area contributed by atoms with Crippen molar-refractivity contribution in [1.82, 2.24) is 4.57 Å². The quantitative estimate of drug-likeness (QED) is 0.491. The van der Waals surface area contributed by atoms with Gasteiger partial charge in [0.05, 0.1) is 0 Å². The van der Waals surface area contributed by atoms with E-state index in [1.54, 1.807) is 16.8 Å². The highest BCUT2D eigenvalue weighted by Crippen LogP contribution is 2.06. The Hall–Kier alpha value is -1.38. The molecule has 1 aliphatic rings. The first-order chi connectivity index (χ1) is 4.38. The van der Waals surface area contributed by atoms with Gasteiger partial charge in [-0.2, -0.15) is 4.99 Å². The molecule has 0 atom stereocenters. The second kappa shape index (κ2) is 1.31. The largest absolute Gasteiger partial charge is 0.303 e. The number of fused-ring (bicyclic) bond motifs is 1. The van der Waals surface area contributed by atoms with E-state index in [4.69, 9.17) is 0 Å². The SMILES string of the molecule is O=C1N=Cn2cccc21. The van der Waals surface area contributed by atoms with E-state index in [2.05, 4.69) is 4.99 Å². The molecule has 3 heteroatoms. The van der Waals surface area contributed by atoms with Crippen molar-refractivity contribution in [2.75, 3.05) is 0 Å². The normalized spacial score (nSPS) is 14.4. The molecule has 0 N–H and O–H groups in total. The molecule has 2 heterocycles. The molecule has 0 aromatic carbocycles. The van der Waals surface area contributed by atoms with Crippen molar-refractivity contribution < 1.29 is 4.79 Å². The fourth-order valence-corrected chi connectivity index (χ4v) is 0.856. The first-order valence-corrected chi connectivity index (χ1v) is 2.63. The third kappa shape index (κ3) is 0.455. The Morgan fingerprint density at radius 1 is 1.56 bits per heavy atom. The second-order valence-corrected chi connectivity index (χ2v) is 1.85. The molecule has 0 spiro atoms. The molecule has 0 fully saturated rings. The third-order valence-corrected chi connectivity index (χ3v) is 1.30. The van der Waals surface area contributed by atoms with Crippen LogP contribution in [0.5, 0.6) is 0 Å². The average Bonchev–Trinajstić information content (AvgIpc) is 2.35. The number of hydrogen-bond donors (Lipinski definition) is 0. The van der Waals surface area contributed by atoms with E-state index in [0.717, 1.165) is 0 Å². The maximum absolute atomic E-state index is 10.7. The average molecular weight is 120 g/mol. The molecule has 1 aromatic rings. The van der Waals surface area contributed by atoms with Crippen LogP contribution in [-0.2, 0) is 0 Å². The summed E-state index contributed by atoms with van der Waals surface area (Å²) in [6.45, 7) is 0. The smallest absolute Gasteiger partial charge is 0.295 e. The van der Waals surface area contributed by atoms with Gasteiger partial charge in [-0.05, 0) is 12.1 Å². The van der Waals surface area contributed by atoms with Gasteiger partial charge in [0.25, 0.3) is 5.91 Å². The van der Waals surface area contributed by atoms with Crippen molar-refractivity contribution in [3.05, 3.63) is 24.0 Å². The predicted molar refractivity (Wildman–Crippen MR) is 32.7 cm³/mol. The lowest BCUT2D eigenvalue weighted by Crippen LogP contribution is -1.93. The van der Waals surface area contributed by atoms with Gasteiger partial charge in [-0.15, -0.1) is 0 Å². The summed E-state index contributed by atoms with van der Waals surface area (Å²) >= 11 is 0. The van der Waals surface area contributed by atoms with Crippen LogP contribution in [0.4, 0.5) is 0 Å². The van der Waals surface area contributed by atoms with E-state index in [1.165, 1.54) is 6.34 Å². The third-order valence-electron chi connectivity index (χ3n) is 1.30. The number of aliphatic imine (C=N–C) groups is 1. The summed E-state index contributed by atoms with van der Waals surface area (Å²) in [5, 5.41) is 0. The monoisotopic (exact) mass is 120 g/mol. The van der Waals surface area contributed by atoms with Crippen molar-refractivity contribution in [2.45, 2.75) is 0 Å². The van der Waals surface area contributed by atoms with Crippen molar-refractivity contribution in [3.63, 3.8) is 0 Å². The van der Waals surface area contributed by atoms with Gasteiger partial charge in [-0.25, -0.2) is 0 Å². The van der Waals surface area contributed by atoms with Crippen molar-refractivity contribution >= 4 is 12.2 Å². The van der Waals surface area contributed by atoms with E-state index in [0.29, 0.717) is 5.69 Å². The van der Waals surface area contributed by atoms with Crippen LogP contribution in [-0.4, -0.2) is 16.8 Å². The Morgan fingerprint density at radius 2 is 2.44 bits per heavy atom. The van der Waals surface area contributed by atoms with Gasteiger partial charge in [0.1, 0.15) is 12.0 Å². The number of hydrogen-bond acceptors (Lipinski definition) is 1. The van der Waals surface area contributed by atoms with Crippen LogP contribution in [0.2, 0.25) is 0 Å². The number of nitrogens with zero attached hydrogens (tertiary/aromatic N) is 2. The van der Waals surface area contributed by atoms with E-state index >= 15 is 0 Å². The maximum Gasteiger partial charge on any atom is 0.295 e. The summed E-state index contributed by atoms with van der Waals surface area (Å²) in [7, 11) is 0. The summed E-state index contributed by atoms with van der Waals surface area (Å²) in [6.07, 6.45) is 3.31. The van der Waals surface area contributed by atoms with Crippen LogP contribution < -0.4 is 0 Å². The van der Waals surface area contributed by atoms with Crippen LogP contribution in [0.15, 0.2) is 23.3 Å². The minimum absolute atomic E-state index is 0.153. The van der Waals surface area contributed by atoms with Gasteiger partial charge in [-0.1, -0.05) is 0 Å². The first kappa shape index (κ1) is 4.49. The zero-order valence-electron chi connectivity index (χ0n) is 4.61. The molecule has 9 heavy (non-hydrogen) atoms. The van der Waals surface area contributed by atoms with Crippen LogP contribution in [0.3, 0.4) is 0 Å². The number of carbonyl (C=O) groups excluding carboxylic acids is 1. The van der Waals surface area contributed by atoms with E-state index in [9.17, 15) is 4.79 Å². The Kier molecular flexibility index (Phi) is 0.656. The molecule has 0 saturated carbocycles. The molecular weight excluding hydrogens is 116 g/mol. The maximum atomic E-state index is 10.7. The molecule has 0 radical (unpaired) electrons. The highest BCUT2D eigenvalue weighted by molar-refractivity contribution is 6.03. The van der Waals surface area contributed by atoms with Gasteiger partial charge in [0.15, 0.2) is 0 Å². The van der Waals surface area contributed by atoms with Crippen molar-refractivity contribution in [2.24, 2.45) is 4.99 Å². The predicted octanol–water partition coefficient (Wildman–Crippen LogP) is 0.518. The molecule has 1 amide bonds. The van der Waals surface area contributed by atoms with Crippen LogP contribution in [0.25, 0.3) is 0 Å². The van der Waals surface area contributed by atoms with Crippen LogP contribution >= 0.6 is 0 Å². The fraction of sp³-hybridized carbons (Fsp3) is 0. The summed E-state index contributed by atoms with van der Waals surface area (Å²) in [4.78, 5) is 14.3. The Balaban J connectivity index is 2.73. The standard InChI is InChI=1S/C6H4N2O/c9-6-5-2-1-3-8(5)4-7-6/h1-4H. The van der Waals surface area contributed by atoms with Gasteiger partial charge >= 0.3 is 0 Å². The number of aromatic nitrogens is 1. The van der Waals surface area contributed by atoms with E-state index in [1.807, 2.05) is 6.07 Å². The van der Waals surface area contributed by atoms with Gasteiger partial charge in [0.2, 0.25) is 0 Å². The Morgan fingerprint density at radius 3 is 3.22 bits per heavy atom. The molecule has 0 unspecified atom stereocenters. The number of amides is 1. The van der Waals surface area contributed by atoms with Crippen molar-refractivity contribution in [3.8, 4) is 0 Å². The summed E-state index contributed by atoms with van der Waals surface area (Å²) in [5.74, 6) is -0.153. The number of carbonyl (C=O) groups is 1. The lowest BCUT2D eigenvalue weighted by atomic mass is 10.4. The summed E-state index contributed by atoms with van der Waals surface area (Å²) in [5.41, 5.74) is 0.648. The first-order valence-electron chi connectivity index (χ1n) is 2.63. The highest BCUT2D eigenvalue weighted by atomic mass is 16.1. The summed E-state index contributed by atoms with van der Waals surface area (Å²) < 4.78 is 1.70. The molecule has 2 rings (SSSR count). The number of rotatable bonds is 0. The molecule has 1 aromatic heterocycles. The fourth-order valence-electron chi connectivity index (χ4n) is 0.856. The lowest BCUT2D eigenvalue weighted by Gasteiger charge is -1.84. The van der Waals surface area contributed by atoms with Crippen LogP contribution in [0, 0.1) is 0 Å². The molecule has 44 valence electrons. The Labute approximate surface area is 51.6 Å². The van der Waals surface area contributed by atoms with Gasteiger partial charge in [0, 0.05) is 6.20 Å². The molecule has 3 nitrogen and oxygen atoms in total. The topological polar surface area (TPSA) is 34.4 Å². The molecule has 0 saturated heterocycles. The minimum Gasteiger partial charge on any atom is -0.303 e. The lowest BCUT2D eigenvalue weighted by molar-refractivity contribution is 0.100. The second-order valence-electron chi connectivity index (χ2n) is 1.85. The molecule has 1 aliphatic heterocycles. The summed E-state index contributed by atoms with van der Waals surface area (Å²) in [6, 6.07) is 3.56. The molecule has 0 aliphatic carbocycles. The Bertz CT molecular complexity index is 285. The molecule has 0 bridgehead atoms. The van der Waals surface area contributed by atoms with E-state index < -0.39 is 0 Å². The van der Waals surface area contributed by atoms with Crippen LogP contribution in [0.1, 0.15) is 10.5 Å².